The van der Waals surface area contributed by atoms with Crippen LogP contribution in [0.4, 0.5) is 0 Å². The van der Waals surface area contributed by atoms with Gasteiger partial charge in [-0.15, -0.1) is 0 Å². The summed E-state index contributed by atoms with van der Waals surface area (Å²) in [4.78, 5) is 8.57. The second kappa shape index (κ2) is 5.70. The molecule has 18 heavy (non-hydrogen) atoms. The highest BCUT2D eigenvalue weighted by molar-refractivity contribution is 5.53. The normalized spacial score (nSPS) is 12.6. The maximum absolute atomic E-state index is 5.55. The molecule has 0 aliphatic carbocycles. The van der Waals surface area contributed by atoms with E-state index in [4.69, 9.17) is 15.0 Å². The van der Waals surface area contributed by atoms with E-state index in [9.17, 15) is 0 Å². The molecule has 0 bridgehead atoms. The van der Waals surface area contributed by atoms with E-state index in [1.165, 1.54) is 0 Å². The number of hydrogen-bond acceptors (Lipinski definition) is 6. The van der Waals surface area contributed by atoms with Crippen molar-refractivity contribution in [3.05, 3.63) is 29.8 Å². The highest BCUT2D eigenvalue weighted by atomic mass is 16.5. The lowest BCUT2D eigenvalue weighted by Gasteiger charge is -2.05. The van der Waals surface area contributed by atoms with Gasteiger partial charge in [-0.05, 0) is 18.1 Å². The van der Waals surface area contributed by atoms with Gasteiger partial charge in [0.1, 0.15) is 11.8 Å². The zero-order valence-corrected chi connectivity index (χ0v) is 10.5. The lowest BCUT2D eigenvalue weighted by molar-refractivity contribution is 0.0804. The predicted molar refractivity (Wildman–Crippen MR) is 65.7 cm³/mol. The van der Waals surface area contributed by atoms with Gasteiger partial charge in [-0.1, -0.05) is 18.1 Å². The highest BCUT2D eigenvalue weighted by Gasteiger charge is 2.19. The van der Waals surface area contributed by atoms with Gasteiger partial charge in [-0.3, -0.25) is 4.98 Å². The second-order valence-corrected chi connectivity index (χ2v) is 3.78. The van der Waals surface area contributed by atoms with Gasteiger partial charge < -0.3 is 15.0 Å². The van der Waals surface area contributed by atoms with Crippen molar-refractivity contribution in [3.63, 3.8) is 0 Å². The number of pyridine rings is 1. The van der Waals surface area contributed by atoms with Crippen LogP contribution in [0.15, 0.2) is 22.9 Å². The third kappa shape index (κ3) is 2.39. The second-order valence-electron chi connectivity index (χ2n) is 3.78. The summed E-state index contributed by atoms with van der Waals surface area (Å²) in [5.41, 5.74) is 7.36. The molecule has 1 unspecified atom stereocenters. The number of aromatic nitrogens is 3. The Labute approximate surface area is 105 Å². The van der Waals surface area contributed by atoms with Crippen molar-refractivity contribution in [2.24, 2.45) is 5.73 Å². The first-order valence-electron chi connectivity index (χ1n) is 5.80. The number of methoxy groups -OCH3 is 1. The summed E-state index contributed by atoms with van der Waals surface area (Å²) in [6, 6.07) is 3.89. The van der Waals surface area contributed by atoms with Gasteiger partial charge in [0.05, 0.1) is 0 Å². The Kier molecular flexibility index (Phi) is 4.01. The van der Waals surface area contributed by atoms with E-state index in [1.54, 1.807) is 13.3 Å². The Morgan fingerprint density at radius 1 is 1.50 bits per heavy atom. The van der Waals surface area contributed by atoms with Crippen molar-refractivity contribution >= 4 is 0 Å². The van der Waals surface area contributed by atoms with Gasteiger partial charge in [0.25, 0.3) is 5.89 Å². The summed E-state index contributed by atoms with van der Waals surface area (Å²) in [5.74, 6) is 0.848. The summed E-state index contributed by atoms with van der Waals surface area (Å²) in [6.07, 6.45) is 2.19. The van der Waals surface area contributed by atoms with Crippen molar-refractivity contribution in [1.82, 2.24) is 15.1 Å². The zero-order valence-electron chi connectivity index (χ0n) is 10.5. The molecule has 2 rings (SSSR count). The van der Waals surface area contributed by atoms with Gasteiger partial charge in [-0.25, -0.2) is 0 Å². The molecule has 0 radical (unpaired) electrons. The molecular weight excluding hydrogens is 232 g/mol. The molecule has 0 fully saturated rings. The molecule has 96 valence electrons. The summed E-state index contributed by atoms with van der Waals surface area (Å²) >= 11 is 0. The molecule has 6 nitrogen and oxygen atoms in total. The van der Waals surface area contributed by atoms with Crippen LogP contribution in [0.25, 0.3) is 11.5 Å². The Morgan fingerprint density at radius 3 is 3.00 bits per heavy atom. The Morgan fingerprint density at radius 2 is 2.33 bits per heavy atom. The lowest BCUT2D eigenvalue weighted by atomic mass is 10.1. The van der Waals surface area contributed by atoms with E-state index in [0.29, 0.717) is 18.3 Å². The molecule has 0 aliphatic rings. The number of rotatable bonds is 5. The van der Waals surface area contributed by atoms with E-state index in [-0.39, 0.29) is 6.10 Å². The molecule has 2 N–H and O–H groups in total. The van der Waals surface area contributed by atoms with Crippen LogP contribution >= 0.6 is 0 Å². The van der Waals surface area contributed by atoms with E-state index in [2.05, 4.69) is 22.0 Å². The van der Waals surface area contributed by atoms with E-state index < -0.39 is 0 Å². The van der Waals surface area contributed by atoms with Crippen LogP contribution in [0.2, 0.25) is 0 Å². The first kappa shape index (κ1) is 12.7. The van der Waals surface area contributed by atoms with Crippen LogP contribution in [0.3, 0.4) is 0 Å². The average Bonchev–Trinajstić information content (AvgIpc) is 2.89. The number of nitrogens with two attached hydrogens (primary N) is 1. The van der Waals surface area contributed by atoms with Gasteiger partial charge in [-0.2, -0.15) is 4.98 Å². The number of ether oxygens (including phenoxy) is 1. The molecule has 0 amide bonds. The first-order chi connectivity index (χ1) is 8.80. The third-order valence-corrected chi connectivity index (χ3v) is 2.70. The molecule has 2 heterocycles. The Bertz CT molecular complexity index is 508. The van der Waals surface area contributed by atoms with Crippen LogP contribution in [-0.4, -0.2) is 28.8 Å². The summed E-state index contributed by atoms with van der Waals surface area (Å²) in [7, 11) is 1.56. The van der Waals surface area contributed by atoms with Crippen molar-refractivity contribution in [1.29, 1.82) is 0 Å². The monoisotopic (exact) mass is 248 g/mol. The topological polar surface area (TPSA) is 87.1 Å². The summed E-state index contributed by atoms with van der Waals surface area (Å²) in [6.45, 7) is 2.35. The van der Waals surface area contributed by atoms with Crippen molar-refractivity contribution in [2.45, 2.75) is 19.4 Å². The maximum atomic E-state index is 5.55. The smallest absolute Gasteiger partial charge is 0.257 e. The van der Waals surface area contributed by atoms with Crippen LogP contribution < -0.4 is 5.73 Å². The molecule has 0 aromatic carbocycles. The van der Waals surface area contributed by atoms with Gasteiger partial charge in [0.2, 0.25) is 5.82 Å². The van der Waals surface area contributed by atoms with Gasteiger partial charge in [0, 0.05) is 19.9 Å². The molecule has 6 heteroatoms. The van der Waals surface area contributed by atoms with Gasteiger partial charge >= 0.3 is 0 Å². The number of hydrogen-bond donors (Lipinski definition) is 1. The van der Waals surface area contributed by atoms with Crippen molar-refractivity contribution < 1.29 is 9.26 Å². The molecule has 0 aliphatic heterocycles. The number of aryl methyl sites for hydroxylation is 1. The molecule has 0 saturated carbocycles. The molecule has 2 aromatic heterocycles. The minimum absolute atomic E-state index is 0.293. The van der Waals surface area contributed by atoms with Crippen LogP contribution in [-0.2, 0) is 11.2 Å². The third-order valence-electron chi connectivity index (χ3n) is 2.70. The predicted octanol–water partition coefficient (Wildman–Crippen LogP) is 1.34. The molecule has 2 aromatic rings. The van der Waals surface area contributed by atoms with Crippen molar-refractivity contribution in [2.75, 3.05) is 13.7 Å². The Balaban J connectivity index is 2.34. The fraction of sp³-hybridized carbons (Fsp3) is 0.417. The molecular formula is C12H16N4O2. The van der Waals surface area contributed by atoms with Gasteiger partial charge in [0.15, 0.2) is 0 Å². The quantitative estimate of drug-likeness (QED) is 0.859. The van der Waals surface area contributed by atoms with Crippen molar-refractivity contribution in [3.8, 4) is 11.5 Å². The zero-order chi connectivity index (χ0) is 13.0. The van der Waals surface area contributed by atoms with E-state index >= 15 is 0 Å². The SMILES string of the molecule is CCc1cccnc1-c1noc(C(CN)OC)n1. The summed E-state index contributed by atoms with van der Waals surface area (Å²) < 4.78 is 10.3. The minimum atomic E-state index is -0.375. The first-order valence-corrected chi connectivity index (χ1v) is 5.80. The summed E-state index contributed by atoms with van der Waals surface area (Å²) in [5, 5.41) is 3.93. The minimum Gasteiger partial charge on any atom is -0.370 e. The van der Waals surface area contributed by atoms with Crippen LogP contribution in [0, 0.1) is 0 Å². The fourth-order valence-corrected chi connectivity index (χ4v) is 1.69. The largest absolute Gasteiger partial charge is 0.370 e. The van der Waals surface area contributed by atoms with Crippen LogP contribution in [0.5, 0.6) is 0 Å². The Hall–Kier alpha value is -1.79. The van der Waals surface area contributed by atoms with E-state index in [0.717, 1.165) is 17.7 Å². The average molecular weight is 248 g/mol. The molecule has 0 saturated heterocycles. The molecule has 1 atom stereocenters. The molecule has 0 spiro atoms. The fourth-order valence-electron chi connectivity index (χ4n) is 1.69. The standard InChI is InChI=1S/C12H16N4O2/c1-3-8-5-4-6-14-10(8)11-15-12(18-16-11)9(7-13)17-2/h4-6,9H,3,7,13H2,1-2H3. The lowest BCUT2D eigenvalue weighted by Crippen LogP contribution is -2.14. The number of nitrogens with zero attached hydrogens (tertiary/aromatic N) is 3. The maximum Gasteiger partial charge on any atom is 0.257 e. The van der Waals surface area contributed by atoms with Crippen LogP contribution in [0.1, 0.15) is 24.5 Å². The highest BCUT2D eigenvalue weighted by Crippen LogP contribution is 2.21. The van der Waals surface area contributed by atoms with E-state index in [1.807, 2.05) is 12.1 Å².